The molecule has 0 unspecified atom stereocenters. The maximum atomic E-state index is 10.8. The maximum Gasteiger partial charge on any atom is 0.350 e. The Morgan fingerprint density at radius 2 is 2.29 bits per heavy atom. The summed E-state index contributed by atoms with van der Waals surface area (Å²) in [5, 5.41) is 3.67. The number of hydrogen-bond acceptors (Lipinski definition) is 8. The van der Waals surface area contributed by atoms with E-state index in [-0.39, 0.29) is 18.9 Å². The van der Waals surface area contributed by atoms with Gasteiger partial charge in [0.1, 0.15) is 30.9 Å². The van der Waals surface area contributed by atoms with E-state index in [9.17, 15) is 4.57 Å². The molecular formula is C10H14N5O5P. The molecule has 10 nitrogen and oxygen atoms in total. The topological polar surface area (TPSA) is 139 Å². The monoisotopic (exact) mass is 315 g/mol. The zero-order valence-electron chi connectivity index (χ0n) is 10.9. The van der Waals surface area contributed by atoms with Gasteiger partial charge in [0, 0.05) is 6.42 Å². The Morgan fingerprint density at radius 3 is 3.10 bits per heavy atom. The standard InChI is InChI=1S/C10H14N5O5P/c16-21(17,18)5-20-6-1-7(19-2-6)15-10-8-9(12-3-11-8)13-4-14-10/h4,6-7H,1-3,5H2,(H2,16,17,18)(H,12,13,14,15)/t6-,7-/m1/s1. The summed E-state index contributed by atoms with van der Waals surface area (Å²) in [5.74, 6) is 0.530. The predicted octanol–water partition coefficient (Wildman–Crippen LogP) is -1.63. The zero-order chi connectivity index (χ0) is 14.9. The van der Waals surface area contributed by atoms with Crippen LogP contribution in [0.15, 0.2) is 16.3 Å². The number of hydrogen-bond donors (Lipinski definition) is 3. The summed E-state index contributed by atoms with van der Waals surface area (Å²) < 4.78 is 21.4. The van der Waals surface area contributed by atoms with Crippen molar-refractivity contribution in [2.24, 2.45) is 9.98 Å². The van der Waals surface area contributed by atoms with E-state index in [0.29, 0.717) is 29.8 Å². The van der Waals surface area contributed by atoms with Crippen LogP contribution in [0.5, 0.6) is 0 Å². The van der Waals surface area contributed by atoms with Crippen LogP contribution in [0.1, 0.15) is 6.42 Å². The highest BCUT2D eigenvalue weighted by Crippen LogP contribution is 2.35. The number of rotatable bonds is 5. The molecular weight excluding hydrogens is 301 g/mol. The van der Waals surface area contributed by atoms with Crippen molar-refractivity contribution in [3.05, 3.63) is 17.2 Å². The van der Waals surface area contributed by atoms with Crippen LogP contribution in [0.25, 0.3) is 0 Å². The number of nitrogens with one attached hydrogen (secondary N) is 1. The van der Waals surface area contributed by atoms with Gasteiger partial charge in [-0.1, -0.05) is 0 Å². The number of ether oxygens (including phenoxy) is 2. The molecule has 3 rings (SSSR count). The minimum Gasteiger partial charge on any atom is -0.363 e. The molecule has 0 spiro atoms. The lowest BCUT2D eigenvalue weighted by atomic mass is 10.3. The fourth-order valence-electron chi connectivity index (χ4n) is 2.08. The Bertz CT molecular complexity index is 692. The molecule has 2 atom stereocenters. The molecule has 0 aromatic carbocycles. The highest BCUT2D eigenvalue weighted by atomic mass is 31.2. The summed E-state index contributed by atoms with van der Waals surface area (Å²) in [7, 11) is -4.16. The third-order valence-electron chi connectivity index (χ3n) is 2.99. The molecule has 1 fully saturated rings. The number of nitrogens with zero attached hydrogens (tertiary/aromatic N) is 4. The quantitative estimate of drug-likeness (QED) is 0.550. The van der Waals surface area contributed by atoms with Crippen molar-refractivity contribution < 1.29 is 23.8 Å². The molecule has 1 aromatic rings. The van der Waals surface area contributed by atoms with Crippen molar-refractivity contribution in [1.82, 2.24) is 9.97 Å². The van der Waals surface area contributed by atoms with Gasteiger partial charge in [0.05, 0.1) is 12.7 Å². The first kappa shape index (κ1) is 14.5. The lowest BCUT2D eigenvalue weighted by Crippen LogP contribution is -2.33. The molecule has 1 saturated heterocycles. The number of aromatic nitrogens is 2. The fourth-order valence-corrected chi connectivity index (χ4v) is 2.48. The summed E-state index contributed by atoms with van der Waals surface area (Å²) in [5.41, 5.74) is 0.541. The van der Waals surface area contributed by atoms with Crippen LogP contribution < -0.4 is 16.2 Å². The summed E-state index contributed by atoms with van der Waals surface area (Å²) in [6, 6.07) is 0. The third kappa shape index (κ3) is 3.60. The Morgan fingerprint density at radius 1 is 1.43 bits per heavy atom. The van der Waals surface area contributed by atoms with Crippen LogP contribution in [0.2, 0.25) is 0 Å². The summed E-state index contributed by atoms with van der Waals surface area (Å²) in [6.07, 6.45) is 0.511. The molecule has 11 heteroatoms. The molecule has 1 aromatic heterocycles. The first-order valence-electron chi connectivity index (χ1n) is 6.25. The van der Waals surface area contributed by atoms with Crippen molar-refractivity contribution in [3.63, 3.8) is 0 Å². The molecule has 3 heterocycles. The number of fused-ring (bicyclic) bond motifs is 1. The van der Waals surface area contributed by atoms with E-state index in [0.717, 1.165) is 0 Å². The van der Waals surface area contributed by atoms with Crippen molar-refractivity contribution >= 4 is 13.4 Å². The van der Waals surface area contributed by atoms with Crippen molar-refractivity contribution in [2.45, 2.75) is 18.8 Å². The van der Waals surface area contributed by atoms with Crippen molar-refractivity contribution in [1.29, 1.82) is 0 Å². The second-order valence-electron chi connectivity index (χ2n) is 4.64. The lowest BCUT2D eigenvalue weighted by molar-refractivity contribution is 0.0556. The average Bonchev–Trinajstić information content (AvgIpc) is 3.04. The Hall–Kier alpha value is -1.45. The molecule has 21 heavy (non-hydrogen) atoms. The van der Waals surface area contributed by atoms with Gasteiger partial charge in [0.25, 0.3) is 0 Å². The van der Waals surface area contributed by atoms with Crippen LogP contribution >= 0.6 is 7.60 Å². The molecule has 0 radical (unpaired) electrons. The molecule has 114 valence electrons. The Balaban J connectivity index is 1.60. The van der Waals surface area contributed by atoms with E-state index in [1.165, 1.54) is 6.33 Å². The SMILES string of the molecule is O=P(O)(O)CO[C@H]1CO[C@@H](Nc2ncnc3c2=NCN=3)C1. The average molecular weight is 315 g/mol. The molecule has 0 aliphatic carbocycles. The van der Waals surface area contributed by atoms with Gasteiger partial charge in [-0.3, -0.25) is 9.56 Å². The molecule has 0 bridgehead atoms. The van der Waals surface area contributed by atoms with Gasteiger partial charge < -0.3 is 24.6 Å². The van der Waals surface area contributed by atoms with Gasteiger partial charge in [0.15, 0.2) is 11.3 Å². The lowest BCUT2D eigenvalue weighted by Gasteiger charge is -2.12. The predicted molar refractivity (Wildman–Crippen MR) is 69.0 cm³/mol. The van der Waals surface area contributed by atoms with Crippen LogP contribution in [-0.4, -0.2) is 51.7 Å². The van der Waals surface area contributed by atoms with Gasteiger partial charge >= 0.3 is 7.60 Å². The fraction of sp³-hybridized carbons (Fsp3) is 0.600. The van der Waals surface area contributed by atoms with E-state index < -0.39 is 13.9 Å². The van der Waals surface area contributed by atoms with E-state index in [4.69, 9.17) is 19.3 Å². The van der Waals surface area contributed by atoms with Crippen LogP contribution in [0.4, 0.5) is 5.82 Å². The molecule has 2 aliphatic heterocycles. The van der Waals surface area contributed by atoms with Gasteiger partial charge in [0.2, 0.25) is 0 Å². The Kier molecular flexibility index (Phi) is 3.96. The van der Waals surface area contributed by atoms with Crippen LogP contribution in [-0.2, 0) is 14.0 Å². The van der Waals surface area contributed by atoms with Gasteiger partial charge in [-0.2, -0.15) is 0 Å². The van der Waals surface area contributed by atoms with E-state index >= 15 is 0 Å². The first-order valence-corrected chi connectivity index (χ1v) is 8.05. The summed E-state index contributed by atoms with van der Waals surface area (Å²) in [4.78, 5) is 33.9. The van der Waals surface area contributed by atoms with Gasteiger partial charge in [-0.25, -0.2) is 15.0 Å². The van der Waals surface area contributed by atoms with Gasteiger partial charge in [-0.05, 0) is 0 Å². The minimum atomic E-state index is -4.16. The van der Waals surface area contributed by atoms with Gasteiger partial charge in [-0.15, -0.1) is 0 Å². The number of anilines is 1. The third-order valence-corrected chi connectivity index (χ3v) is 3.47. The molecule has 0 amide bonds. The van der Waals surface area contributed by atoms with E-state index in [1.54, 1.807) is 0 Å². The highest BCUT2D eigenvalue weighted by Gasteiger charge is 2.29. The largest absolute Gasteiger partial charge is 0.363 e. The highest BCUT2D eigenvalue weighted by molar-refractivity contribution is 7.51. The smallest absolute Gasteiger partial charge is 0.350 e. The maximum absolute atomic E-state index is 10.8. The minimum absolute atomic E-state index is 0.256. The first-order chi connectivity index (χ1) is 10.0. The summed E-state index contributed by atoms with van der Waals surface area (Å²) in [6.45, 7) is 0.592. The van der Waals surface area contributed by atoms with E-state index in [2.05, 4.69) is 25.3 Å². The second-order valence-corrected chi connectivity index (χ2v) is 6.22. The van der Waals surface area contributed by atoms with E-state index in [1.807, 2.05) is 0 Å². The normalized spacial score (nSPS) is 24.3. The van der Waals surface area contributed by atoms with Crippen molar-refractivity contribution in [3.8, 4) is 0 Å². The molecule has 0 saturated carbocycles. The van der Waals surface area contributed by atoms with Crippen LogP contribution in [0.3, 0.4) is 0 Å². The summed E-state index contributed by atoms with van der Waals surface area (Å²) >= 11 is 0. The van der Waals surface area contributed by atoms with Crippen LogP contribution in [0, 0.1) is 0 Å². The molecule has 2 aliphatic rings. The zero-order valence-corrected chi connectivity index (χ0v) is 11.8. The Labute approximate surface area is 119 Å². The second kappa shape index (κ2) is 5.74. The van der Waals surface area contributed by atoms with Crippen molar-refractivity contribution in [2.75, 3.05) is 24.9 Å². The molecule has 3 N–H and O–H groups in total.